The molecule has 0 fully saturated rings. The van der Waals surface area contributed by atoms with Gasteiger partial charge in [-0.2, -0.15) is 0 Å². The highest BCUT2D eigenvalue weighted by molar-refractivity contribution is 5.79. The van der Waals surface area contributed by atoms with Gasteiger partial charge >= 0.3 is 0 Å². The van der Waals surface area contributed by atoms with Crippen LogP contribution in [0.2, 0.25) is 0 Å². The molecule has 0 bridgehead atoms. The summed E-state index contributed by atoms with van der Waals surface area (Å²) in [6, 6.07) is 0. The van der Waals surface area contributed by atoms with Crippen LogP contribution in [0.3, 0.4) is 0 Å². The molecule has 96 valence electrons. The van der Waals surface area contributed by atoms with Gasteiger partial charge in [0.1, 0.15) is 0 Å². The lowest BCUT2D eigenvalue weighted by atomic mass is 10.4. The molecule has 5 nitrogen and oxygen atoms in total. The van der Waals surface area contributed by atoms with Crippen molar-refractivity contribution in [1.29, 1.82) is 0 Å². The van der Waals surface area contributed by atoms with Crippen LogP contribution in [0.5, 0.6) is 0 Å². The summed E-state index contributed by atoms with van der Waals surface area (Å²) in [5.41, 5.74) is 2.30. The molecule has 0 saturated heterocycles. The predicted molar refractivity (Wildman–Crippen MR) is 59.4 cm³/mol. The number of hydrogen-bond donors (Lipinski definition) is 2. The number of aliphatic imine (C=N–C) groups is 1. The molecule has 7 heteroatoms. The van der Waals surface area contributed by atoms with Crippen LogP contribution in [-0.2, 0) is 4.74 Å². The third-order valence-electron chi connectivity index (χ3n) is 1.82. The lowest BCUT2D eigenvalue weighted by molar-refractivity contribution is 0.122. The van der Waals surface area contributed by atoms with E-state index in [1.807, 2.05) is 6.92 Å². The number of hydrogen-bond acceptors (Lipinski definition) is 3. The molecule has 0 aromatic carbocycles. The maximum absolute atomic E-state index is 12.1. The Hall–Kier alpha value is -0.950. The molecule has 0 saturated carbocycles. The number of rotatable bonds is 7. The van der Waals surface area contributed by atoms with E-state index >= 15 is 0 Å². The monoisotopic (exact) mass is 238 g/mol. The van der Waals surface area contributed by atoms with Crippen LogP contribution in [0.1, 0.15) is 13.3 Å². The highest BCUT2D eigenvalue weighted by Gasteiger charge is 2.10. The Labute approximate surface area is 94.6 Å². The first-order chi connectivity index (χ1) is 7.61. The second kappa shape index (κ2) is 9.29. The Balaban J connectivity index is 3.90. The second-order valence-electron chi connectivity index (χ2n) is 3.17. The van der Waals surface area contributed by atoms with Crippen LogP contribution in [0.25, 0.3) is 0 Å². The van der Waals surface area contributed by atoms with Crippen LogP contribution in [0.4, 0.5) is 8.78 Å². The number of nitrogens with zero attached hydrogens (tertiary/aromatic N) is 2. The fourth-order valence-electron chi connectivity index (χ4n) is 1.07. The number of hydrazine groups is 1. The fraction of sp³-hybridized carbons (Fsp3) is 0.889. The number of nitrogens with one attached hydrogen (secondary N) is 1. The molecule has 0 aliphatic rings. The lowest BCUT2D eigenvalue weighted by Gasteiger charge is -2.19. The third-order valence-corrected chi connectivity index (χ3v) is 1.82. The summed E-state index contributed by atoms with van der Waals surface area (Å²) in [6.07, 6.45) is -1.67. The molecule has 0 amide bonds. The highest BCUT2D eigenvalue weighted by atomic mass is 19.3. The summed E-state index contributed by atoms with van der Waals surface area (Å²) >= 11 is 0. The minimum atomic E-state index is -2.41. The van der Waals surface area contributed by atoms with Crippen molar-refractivity contribution in [3.05, 3.63) is 0 Å². The molecule has 0 rings (SSSR count). The van der Waals surface area contributed by atoms with Crippen LogP contribution in [0.15, 0.2) is 4.99 Å². The molecule has 0 atom stereocenters. The van der Waals surface area contributed by atoms with Crippen molar-refractivity contribution in [3.63, 3.8) is 0 Å². The predicted octanol–water partition coefficient (Wildman–Crippen LogP) is 0.429. The summed E-state index contributed by atoms with van der Waals surface area (Å²) in [6.45, 7) is 3.28. The van der Waals surface area contributed by atoms with Crippen molar-refractivity contribution in [1.82, 2.24) is 10.3 Å². The summed E-state index contributed by atoms with van der Waals surface area (Å²) in [4.78, 5) is 5.34. The van der Waals surface area contributed by atoms with Gasteiger partial charge in [-0.1, -0.05) is 0 Å². The molecule has 0 aliphatic carbocycles. The number of alkyl halides is 2. The lowest BCUT2D eigenvalue weighted by Crippen LogP contribution is -2.44. The largest absolute Gasteiger partial charge is 0.382 e. The van der Waals surface area contributed by atoms with Crippen LogP contribution in [0, 0.1) is 0 Å². The molecule has 0 heterocycles. The fourth-order valence-corrected chi connectivity index (χ4v) is 1.07. The summed E-state index contributed by atoms with van der Waals surface area (Å²) in [5, 5.41) is 0. The standard InChI is InChI=1S/C9H20F2N4O/c1-3-16-6-4-5-13-9(14-12)15(2)7-8(10)11/h8H,3-7,12H2,1-2H3,(H,13,14). The molecule has 0 radical (unpaired) electrons. The molecular formula is C9H20F2N4O. The van der Waals surface area contributed by atoms with Gasteiger partial charge in [-0.15, -0.1) is 0 Å². The Morgan fingerprint density at radius 1 is 1.56 bits per heavy atom. The van der Waals surface area contributed by atoms with Gasteiger partial charge in [-0.25, -0.2) is 14.6 Å². The molecule has 0 aromatic heterocycles. The number of halogens is 2. The zero-order valence-electron chi connectivity index (χ0n) is 9.75. The van der Waals surface area contributed by atoms with E-state index < -0.39 is 13.0 Å². The van der Waals surface area contributed by atoms with Gasteiger partial charge in [0.15, 0.2) is 0 Å². The molecule has 16 heavy (non-hydrogen) atoms. The Morgan fingerprint density at radius 3 is 2.75 bits per heavy atom. The quantitative estimate of drug-likeness (QED) is 0.222. The maximum atomic E-state index is 12.1. The topological polar surface area (TPSA) is 62.9 Å². The van der Waals surface area contributed by atoms with Crippen LogP contribution < -0.4 is 11.3 Å². The average Bonchev–Trinajstić information content (AvgIpc) is 2.22. The van der Waals surface area contributed by atoms with Gasteiger partial charge in [0.25, 0.3) is 6.43 Å². The number of guanidine groups is 1. The Kier molecular flexibility index (Phi) is 8.74. The van der Waals surface area contributed by atoms with E-state index in [0.29, 0.717) is 19.8 Å². The highest BCUT2D eigenvalue weighted by Crippen LogP contribution is 1.96. The normalized spacial score (nSPS) is 12.0. The molecule has 0 unspecified atom stereocenters. The summed E-state index contributed by atoms with van der Waals surface area (Å²) < 4.78 is 29.3. The van der Waals surface area contributed by atoms with E-state index in [1.54, 1.807) is 0 Å². The Morgan fingerprint density at radius 2 is 2.25 bits per heavy atom. The van der Waals surface area contributed by atoms with E-state index in [-0.39, 0.29) is 5.96 Å². The van der Waals surface area contributed by atoms with E-state index in [1.165, 1.54) is 11.9 Å². The van der Waals surface area contributed by atoms with Crippen LogP contribution in [-0.4, -0.2) is 50.6 Å². The Bertz CT molecular complexity index is 202. The minimum absolute atomic E-state index is 0.261. The maximum Gasteiger partial charge on any atom is 0.255 e. The zero-order chi connectivity index (χ0) is 12.4. The number of nitrogens with two attached hydrogens (primary N) is 1. The zero-order valence-corrected chi connectivity index (χ0v) is 9.75. The van der Waals surface area contributed by atoms with Crippen molar-refractivity contribution < 1.29 is 13.5 Å². The third kappa shape index (κ3) is 7.36. The van der Waals surface area contributed by atoms with Crippen molar-refractivity contribution in [3.8, 4) is 0 Å². The first-order valence-electron chi connectivity index (χ1n) is 5.19. The summed E-state index contributed by atoms with van der Waals surface area (Å²) in [7, 11) is 1.51. The average molecular weight is 238 g/mol. The van der Waals surface area contributed by atoms with Gasteiger partial charge in [-0.3, -0.25) is 10.4 Å². The molecule has 3 N–H and O–H groups in total. The van der Waals surface area contributed by atoms with E-state index in [0.717, 1.165) is 6.42 Å². The first-order valence-corrected chi connectivity index (χ1v) is 5.19. The molecule has 0 spiro atoms. The molecule has 0 aromatic rings. The SMILES string of the molecule is CCOCCCN=C(NN)N(C)CC(F)F. The van der Waals surface area contributed by atoms with Crippen LogP contribution >= 0.6 is 0 Å². The number of ether oxygens (including phenoxy) is 1. The van der Waals surface area contributed by atoms with Crippen molar-refractivity contribution >= 4 is 5.96 Å². The second-order valence-corrected chi connectivity index (χ2v) is 3.17. The first kappa shape index (κ1) is 15.0. The van der Waals surface area contributed by atoms with Gasteiger partial charge in [0.05, 0.1) is 6.54 Å². The van der Waals surface area contributed by atoms with E-state index in [4.69, 9.17) is 10.6 Å². The minimum Gasteiger partial charge on any atom is -0.382 e. The van der Waals surface area contributed by atoms with Crippen molar-refractivity contribution in [2.24, 2.45) is 10.8 Å². The van der Waals surface area contributed by atoms with Gasteiger partial charge < -0.3 is 9.64 Å². The van der Waals surface area contributed by atoms with Gasteiger partial charge in [0, 0.05) is 26.8 Å². The van der Waals surface area contributed by atoms with E-state index in [9.17, 15) is 8.78 Å². The molecule has 0 aliphatic heterocycles. The van der Waals surface area contributed by atoms with Crippen molar-refractivity contribution in [2.75, 3.05) is 33.4 Å². The summed E-state index contributed by atoms with van der Waals surface area (Å²) in [5.74, 6) is 5.45. The van der Waals surface area contributed by atoms with Gasteiger partial charge in [0.2, 0.25) is 5.96 Å². The molecular weight excluding hydrogens is 218 g/mol. The van der Waals surface area contributed by atoms with Gasteiger partial charge in [-0.05, 0) is 13.3 Å². The smallest absolute Gasteiger partial charge is 0.255 e. The van der Waals surface area contributed by atoms with Crippen molar-refractivity contribution in [2.45, 2.75) is 19.8 Å². The van der Waals surface area contributed by atoms with E-state index in [2.05, 4.69) is 10.4 Å².